The molecule has 0 spiro atoms. The van der Waals surface area contributed by atoms with E-state index in [1.807, 2.05) is 6.92 Å². The molecule has 4 nitrogen and oxygen atoms in total. The first-order valence-electron chi connectivity index (χ1n) is 7.46. The maximum Gasteiger partial charge on any atom is 0.298 e. The number of halogens is 2. The third-order valence-corrected chi connectivity index (χ3v) is 4.67. The van der Waals surface area contributed by atoms with Crippen LogP contribution in [0.25, 0.3) is 6.08 Å². The molecule has 1 heterocycles. The van der Waals surface area contributed by atoms with Crippen LogP contribution in [-0.4, -0.2) is 17.8 Å². The van der Waals surface area contributed by atoms with Gasteiger partial charge in [-0.1, -0.05) is 17.7 Å². The number of thioether (sulfide) groups is 1. The predicted molar refractivity (Wildman–Crippen MR) is 97.5 cm³/mol. The number of nitrogens with zero attached hydrogens (tertiary/aromatic N) is 1. The fourth-order valence-corrected chi connectivity index (χ4v) is 3.37. The molecule has 0 bridgehead atoms. The number of carbonyl (C=O) groups excluding carboxylic acids is 2. The third kappa shape index (κ3) is 3.55. The van der Waals surface area contributed by atoms with Crippen molar-refractivity contribution in [1.82, 2.24) is 0 Å². The molecular formula is C18H13ClFNO3S. The number of benzene rings is 2. The second kappa shape index (κ2) is 7.29. The van der Waals surface area contributed by atoms with Gasteiger partial charge in [-0.25, -0.2) is 9.29 Å². The standard InChI is InChI=1S/C18H13ClFNO3S/c1-2-24-12-8-6-11(7-9-12)21-17(22)16(25-18(21)23)10-13-14(19)4-3-5-15(13)20/h3-10H,2H2,1H3/b16-10-. The second-order valence-corrected chi connectivity index (χ2v) is 6.48. The lowest BCUT2D eigenvalue weighted by atomic mass is 10.2. The zero-order chi connectivity index (χ0) is 18.0. The second-order valence-electron chi connectivity index (χ2n) is 5.08. The van der Waals surface area contributed by atoms with Gasteiger partial charge in [-0.15, -0.1) is 0 Å². The molecule has 1 aliphatic rings. The van der Waals surface area contributed by atoms with Gasteiger partial charge in [0.05, 0.1) is 22.2 Å². The Hall–Kier alpha value is -2.31. The number of amides is 2. The summed E-state index contributed by atoms with van der Waals surface area (Å²) >= 11 is 6.72. The summed E-state index contributed by atoms with van der Waals surface area (Å²) in [6.45, 7) is 2.38. The molecule has 2 aromatic carbocycles. The van der Waals surface area contributed by atoms with Gasteiger partial charge < -0.3 is 4.74 Å². The topological polar surface area (TPSA) is 46.6 Å². The van der Waals surface area contributed by atoms with Gasteiger partial charge in [0.1, 0.15) is 11.6 Å². The summed E-state index contributed by atoms with van der Waals surface area (Å²) < 4.78 is 19.2. The molecule has 0 aromatic heterocycles. The van der Waals surface area contributed by atoms with Crippen LogP contribution in [0.15, 0.2) is 47.4 Å². The first kappa shape index (κ1) is 17.5. The van der Waals surface area contributed by atoms with Gasteiger partial charge in [-0.05, 0) is 61.2 Å². The molecule has 3 rings (SSSR count). The zero-order valence-electron chi connectivity index (χ0n) is 13.2. The average molecular weight is 378 g/mol. The summed E-state index contributed by atoms with van der Waals surface area (Å²) in [6.07, 6.45) is 1.30. The molecule has 1 fully saturated rings. The largest absolute Gasteiger partial charge is 0.494 e. The molecule has 1 aliphatic heterocycles. The first-order valence-corrected chi connectivity index (χ1v) is 8.65. The monoisotopic (exact) mass is 377 g/mol. The van der Waals surface area contributed by atoms with Crippen molar-refractivity contribution < 1.29 is 18.7 Å². The molecular weight excluding hydrogens is 365 g/mol. The highest BCUT2D eigenvalue weighted by atomic mass is 35.5. The van der Waals surface area contributed by atoms with E-state index in [1.165, 1.54) is 24.3 Å². The minimum absolute atomic E-state index is 0.0846. The van der Waals surface area contributed by atoms with Crippen LogP contribution in [0, 0.1) is 5.82 Å². The third-order valence-electron chi connectivity index (χ3n) is 3.47. The van der Waals surface area contributed by atoms with Crippen LogP contribution in [0.1, 0.15) is 12.5 Å². The molecule has 2 aromatic rings. The number of imide groups is 1. The first-order chi connectivity index (χ1) is 12.0. The smallest absolute Gasteiger partial charge is 0.298 e. The van der Waals surface area contributed by atoms with Crippen molar-refractivity contribution in [2.24, 2.45) is 0 Å². The molecule has 0 unspecified atom stereocenters. The van der Waals surface area contributed by atoms with Gasteiger partial charge in [-0.3, -0.25) is 9.59 Å². The fourth-order valence-electron chi connectivity index (χ4n) is 2.33. The normalized spacial score (nSPS) is 16.0. The van der Waals surface area contributed by atoms with Crippen LogP contribution in [0.2, 0.25) is 5.02 Å². The van der Waals surface area contributed by atoms with Crippen LogP contribution in [0.3, 0.4) is 0 Å². The number of hydrogen-bond donors (Lipinski definition) is 0. The molecule has 0 radical (unpaired) electrons. The van der Waals surface area contributed by atoms with E-state index in [0.717, 1.165) is 16.7 Å². The lowest BCUT2D eigenvalue weighted by Crippen LogP contribution is -2.27. The van der Waals surface area contributed by atoms with E-state index in [0.29, 0.717) is 18.0 Å². The van der Waals surface area contributed by atoms with E-state index in [9.17, 15) is 14.0 Å². The molecule has 1 saturated heterocycles. The van der Waals surface area contributed by atoms with Crippen LogP contribution >= 0.6 is 23.4 Å². The summed E-state index contributed by atoms with van der Waals surface area (Å²) in [7, 11) is 0. The molecule has 2 amide bonds. The SMILES string of the molecule is CCOc1ccc(N2C(=O)S/C(=C\c3c(F)cccc3Cl)C2=O)cc1. The number of carbonyl (C=O) groups is 2. The average Bonchev–Trinajstić information content (AvgIpc) is 2.86. The van der Waals surface area contributed by atoms with Crippen molar-refractivity contribution in [2.45, 2.75) is 6.92 Å². The molecule has 0 aliphatic carbocycles. The van der Waals surface area contributed by atoms with Gasteiger partial charge in [0.2, 0.25) is 0 Å². The lowest BCUT2D eigenvalue weighted by molar-refractivity contribution is -0.113. The Labute approximate surface area is 153 Å². The van der Waals surface area contributed by atoms with Gasteiger partial charge in [0, 0.05) is 5.56 Å². The van der Waals surface area contributed by atoms with Crippen LogP contribution in [-0.2, 0) is 4.79 Å². The van der Waals surface area contributed by atoms with Crippen LogP contribution < -0.4 is 9.64 Å². The van der Waals surface area contributed by atoms with Gasteiger partial charge >= 0.3 is 0 Å². The number of rotatable bonds is 4. The number of ether oxygens (including phenoxy) is 1. The fraction of sp³-hybridized carbons (Fsp3) is 0.111. The Bertz CT molecular complexity index is 847. The minimum atomic E-state index is -0.555. The Morgan fingerprint density at radius 2 is 1.92 bits per heavy atom. The molecule has 25 heavy (non-hydrogen) atoms. The van der Waals surface area contributed by atoms with Crippen molar-refractivity contribution in [3.05, 3.63) is 63.8 Å². The molecule has 7 heteroatoms. The quantitative estimate of drug-likeness (QED) is 0.694. The van der Waals surface area contributed by atoms with E-state index in [-0.39, 0.29) is 15.5 Å². The summed E-state index contributed by atoms with van der Waals surface area (Å²) in [5.74, 6) is -0.425. The summed E-state index contributed by atoms with van der Waals surface area (Å²) in [5.41, 5.74) is 0.510. The van der Waals surface area contributed by atoms with Crippen molar-refractivity contribution in [3.8, 4) is 5.75 Å². The van der Waals surface area contributed by atoms with Gasteiger partial charge in [0.15, 0.2) is 0 Å². The molecule has 0 saturated carbocycles. The number of anilines is 1. The van der Waals surface area contributed by atoms with E-state index >= 15 is 0 Å². The highest BCUT2D eigenvalue weighted by Crippen LogP contribution is 2.37. The highest BCUT2D eigenvalue weighted by Gasteiger charge is 2.36. The molecule has 128 valence electrons. The van der Waals surface area contributed by atoms with Crippen molar-refractivity contribution in [1.29, 1.82) is 0 Å². The highest BCUT2D eigenvalue weighted by molar-refractivity contribution is 8.19. The van der Waals surface area contributed by atoms with E-state index in [1.54, 1.807) is 24.3 Å². The van der Waals surface area contributed by atoms with E-state index in [2.05, 4.69) is 0 Å². The Kier molecular flexibility index (Phi) is 5.11. The summed E-state index contributed by atoms with van der Waals surface area (Å²) in [4.78, 5) is 26.0. The number of hydrogen-bond acceptors (Lipinski definition) is 4. The maximum absolute atomic E-state index is 13.9. The molecule has 0 atom stereocenters. The van der Waals surface area contributed by atoms with Crippen molar-refractivity contribution in [2.75, 3.05) is 11.5 Å². The Balaban J connectivity index is 1.91. The minimum Gasteiger partial charge on any atom is -0.494 e. The van der Waals surface area contributed by atoms with Gasteiger partial charge in [-0.2, -0.15) is 0 Å². The summed E-state index contributed by atoms with van der Waals surface area (Å²) in [6, 6.07) is 10.8. The zero-order valence-corrected chi connectivity index (χ0v) is 14.7. The lowest BCUT2D eigenvalue weighted by Gasteiger charge is -2.13. The van der Waals surface area contributed by atoms with Crippen molar-refractivity contribution >= 4 is 46.3 Å². The summed E-state index contributed by atoms with van der Waals surface area (Å²) in [5, 5.41) is -0.277. The maximum atomic E-state index is 13.9. The Morgan fingerprint density at radius 3 is 2.56 bits per heavy atom. The Morgan fingerprint density at radius 1 is 1.20 bits per heavy atom. The predicted octanol–water partition coefficient (Wildman–Crippen LogP) is 5.12. The van der Waals surface area contributed by atoms with Gasteiger partial charge in [0.25, 0.3) is 11.1 Å². The van der Waals surface area contributed by atoms with E-state index in [4.69, 9.17) is 16.3 Å². The van der Waals surface area contributed by atoms with E-state index < -0.39 is 17.0 Å². The molecule has 0 N–H and O–H groups in total. The van der Waals surface area contributed by atoms with Crippen LogP contribution in [0.4, 0.5) is 14.9 Å². The van der Waals surface area contributed by atoms with Crippen LogP contribution in [0.5, 0.6) is 5.75 Å². The van der Waals surface area contributed by atoms with Crippen molar-refractivity contribution in [3.63, 3.8) is 0 Å².